The van der Waals surface area contributed by atoms with E-state index in [0.29, 0.717) is 0 Å². The second kappa shape index (κ2) is 10.9. The van der Waals surface area contributed by atoms with Gasteiger partial charge in [-0.15, -0.1) is 24.8 Å². The highest BCUT2D eigenvalue weighted by Gasteiger charge is 2.28. The lowest BCUT2D eigenvalue weighted by atomic mass is 9.96. The molecule has 0 bridgehead atoms. The molecular weight excluding hydrogens is 494 g/mol. The summed E-state index contributed by atoms with van der Waals surface area (Å²) in [6, 6.07) is 17.7. The predicted molar refractivity (Wildman–Crippen MR) is 125 cm³/mol. The summed E-state index contributed by atoms with van der Waals surface area (Å²) in [6.07, 6.45) is 2.71. The Hall–Kier alpha value is -0.530. The van der Waals surface area contributed by atoms with Crippen molar-refractivity contribution in [3.63, 3.8) is 0 Å². The number of ether oxygens (including phenoxy) is 1. The minimum atomic E-state index is 0. The summed E-state index contributed by atoms with van der Waals surface area (Å²) in [5.74, 6) is 1.04. The van der Waals surface area contributed by atoms with Gasteiger partial charge in [-0.1, -0.05) is 30.3 Å². The van der Waals surface area contributed by atoms with Crippen molar-refractivity contribution >= 4 is 47.4 Å². The molecule has 2 aliphatic rings. The van der Waals surface area contributed by atoms with E-state index in [1.165, 1.54) is 40.6 Å². The normalized spacial score (nSPS) is 20.0. The average molecular weight is 521 g/mol. The topological polar surface area (TPSA) is 15.7 Å². The number of nitrogens with zero attached hydrogens (tertiary/aromatic N) is 2. The van der Waals surface area contributed by atoms with Gasteiger partial charge in [-0.3, -0.25) is 4.90 Å². The van der Waals surface area contributed by atoms with Crippen LogP contribution in [0.4, 0.5) is 0 Å². The second-order valence-electron chi connectivity index (χ2n) is 6.93. The van der Waals surface area contributed by atoms with Gasteiger partial charge >= 0.3 is 0 Å². The smallest absolute Gasteiger partial charge is 0.124 e. The molecule has 3 nitrogen and oxygen atoms in total. The van der Waals surface area contributed by atoms with Gasteiger partial charge in [-0.25, -0.2) is 0 Å². The molecule has 0 saturated carbocycles. The van der Waals surface area contributed by atoms with E-state index in [4.69, 9.17) is 4.74 Å². The van der Waals surface area contributed by atoms with E-state index in [1.807, 2.05) is 0 Å². The molecule has 6 heteroatoms. The van der Waals surface area contributed by atoms with Crippen molar-refractivity contribution in [2.45, 2.75) is 18.9 Å². The van der Waals surface area contributed by atoms with Crippen molar-refractivity contribution in [3.8, 4) is 5.75 Å². The fourth-order valence-corrected chi connectivity index (χ4v) is 4.52. The molecule has 0 amide bonds. The predicted octanol–water partition coefficient (Wildman–Crippen LogP) is 5.01. The van der Waals surface area contributed by atoms with E-state index in [-0.39, 0.29) is 30.9 Å². The quantitative estimate of drug-likeness (QED) is 0.527. The molecule has 1 unspecified atom stereocenters. The van der Waals surface area contributed by atoms with E-state index in [9.17, 15) is 0 Å². The molecule has 0 aromatic heterocycles. The van der Waals surface area contributed by atoms with Crippen LogP contribution in [-0.4, -0.2) is 49.1 Å². The van der Waals surface area contributed by atoms with Crippen LogP contribution in [0.2, 0.25) is 0 Å². The molecule has 27 heavy (non-hydrogen) atoms. The van der Waals surface area contributed by atoms with Crippen molar-refractivity contribution in [3.05, 3.63) is 63.2 Å². The highest BCUT2D eigenvalue weighted by molar-refractivity contribution is 14.1. The number of rotatable bonds is 4. The van der Waals surface area contributed by atoms with Crippen LogP contribution >= 0.6 is 47.4 Å². The number of hydrogen-bond acceptors (Lipinski definition) is 3. The van der Waals surface area contributed by atoms with Gasteiger partial charge < -0.3 is 9.64 Å². The van der Waals surface area contributed by atoms with E-state index >= 15 is 0 Å². The van der Waals surface area contributed by atoms with Crippen LogP contribution in [-0.2, 0) is 0 Å². The van der Waals surface area contributed by atoms with Gasteiger partial charge in [0.05, 0.1) is 6.04 Å². The molecule has 2 aliphatic heterocycles. The Morgan fingerprint density at radius 1 is 0.926 bits per heavy atom. The van der Waals surface area contributed by atoms with Crippen LogP contribution in [0.25, 0.3) is 0 Å². The summed E-state index contributed by atoms with van der Waals surface area (Å²) < 4.78 is 7.36. The first kappa shape index (κ1) is 22.8. The first-order valence-corrected chi connectivity index (χ1v) is 10.3. The molecule has 0 N–H and O–H groups in total. The zero-order chi connectivity index (χ0) is 17.1. The third-order valence-corrected chi connectivity index (χ3v) is 5.96. The molecule has 2 heterocycles. The Labute approximate surface area is 188 Å². The fraction of sp³-hybridized carbons (Fsp3) is 0.429. The van der Waals surface area contributed by atoms with Crippen LogP contribution < -0.4 is 4.74 Å². The molecule has 2 aromatic rings. The highest BCUT2D eigenvalue weighted by Crippen LogP contribution is 2.37. The maximum absolute atomic E-state index is 6.10. The van der Waals surface area contributed by atoms with Crippen LogP contribution in [0.15, 0.2) is 48.5 Å². The van der Waals surface area contributed by atoms with Gasteiger partial charge in [0, 0.05) is 28.8 Å². The third kappa shape index (κ3) is 5.51. The zero-order valence-electron chi connectivity index (χ0n) is 15.4. The molecule has 0 aliphatic carbocycles. The summed E-state index contributed by atoms with van der Waals surface area (Å²) in [4.78, 5) is 5.21. The van der Waals surface area contributed by atoms with Crippen molar-refractivity contribution in [2.75, 3.05) is 39.3 Å². The van der Waals surface area contributed by atoms with Crippen molar-refractivity contribution in [1.29, 1.82) is 0 Å². The average Bonchev–Trinajstić information content (AvgIpc) is 3.09. The molecular formula is C21H27Cl2IN2O. The molecule has 1 saturated heterocycles. The summed E-state index contributed by atoms with van der Waals surface area (Å²) in [5.41, 5.74) is 2.66. The number of fused-ring (bicyclic) bond motifs is 1. The van der Waals surface area contributed by atoms with Crippen LogP contribution in [0, 0.1) is 3.57 Å². The van der Waals surface area contributed by atoms with Gasteiger partial charge in [0.2, 0.25) is 0 Å². The van der Waals surface area contributed by atoms with Crippen LogP contribution in [0.5, 0.6) is 5.75 Å². The summed E-state index contributed by atoms with van der Waals surface area (Å²) in [6.45, 7) is 6.50. The van der Waals surface area contributed by atoms with E-state index < -0.39 is 0 Å². The van der Waals surface area contributed by atoms with Crippen molar-refractivity contribution < 1.29 is 4.74 Å². The van der Waals surface area contributed by atoms with Crippen molar-refractivity contribution in [1.82, 2.24) is 9.80 Å². The van der Waals surface area contributed by atoms with Gasteiger partial charge in [0.1, 0.15) is 12.4 Å². The van der Waals surface area contributed by atoms with Crippen molar-refractivity contribution in [2.24, 2.45) is 0 Å². The minimum absolute atomic E-state index is 0. The van der Waals surface area contributed by atoms with Gasteiger partial charge in [-0.2, -0.15) is 0 Å². The number of hydrogen-bond donors (Lipinski definition) is 0. The van der Waals surface area contributed by atoms with Crippen LogP contribution in [0.1, 0.15) is 30.0 Å². The maximum atomic E-state index is 6.10. The van der Waals surface area contributed by atoms with Crippen LogP contribution in [0.3, 0.4) is 0 Å². The number of likely N-dealkylation sites (tertiary alicyclic amines) is 1. The SMILES string of the molecule is Cl.Cl.Ic1ccc2c(c1)C(c1ccccc1)N(CCN1CCCC1)CCO2. The Morgan fingerprint density at radius 2 is 1.67 bits per heavy atom. The monoisotopic (exact) mass is 520 g/mol. The first-order valence-electron chi connectivity index (χ1n) is 9.25. The van der Waals surface area contributed by atoms with E-state index in [2.05, 4.69) is 80.9 Å². The highest BCUT2D eigenvalue weighted by atomic mass is 127. The molecule has 148 valence electrons. The Morgan fingerprint density at radius 3 is 2.41 bits per heavy atom. The Bertz CT molecular complexity index is 711. The first-order chi connectivity index (χ1) is 12.3. The zero-order valence-corrected chi connectivity index (χ0v) is 19.1. The van der Waals surface area contributed by atoms with Gasteiger partial charge in [0.25, 0.3) is 0 Å². The minimum Gasteiger partial charge on any atom is -0.492 e. The summed E-state index contributed by atoms with van der Waals surface area (Å²) >= 11 is 2.40. The second-order valence-corrected chi connectivity index (χ2v) is 8.17. The number of benzene rings is 2. The van der Waals surface area contributed by atoms with E-state index in [0.717, 1.165) is 32.0 Å². The molecule has 0 radical (unpaired) electrons. The lowest BCUT2D eigenvalue weighted by molar-refractivity contribution is 0.177. The van der Waals surface area contributed by atoms with E-state index in [1.54, 1.807) is 0 Å². The molecule has 2 aromatic carbocycles. The number of halogens is 3. The fourth-order valence-electron chi connectivity index (χ4n) is 4.01. The van der Waals surface area contributed by atoms with Gasteiger partial charge in [-0.05, 0) is 72.3 Å². The maximum Gasteiger partial charge on any atom is 0.124 e. The van der Waals surface area contributed by atoms with Gasteiger partial charge in [0.15, 0.2) is 0 Å². The Balaban J connectivity index is 0.00000131. The summed E-state index contributed by atoms with van der Waals surface area (Å²) in [5, 5.41) is 0. The molecule has 1 atom stereocenters. The molecule has 1 fully saturated rings. The Kier molecular flexibility index (Phi) is 9.16. The largest absolute Gasteiger partial charge is 0.492 e. The summed E-state index contributed by atoms with van der Waals surface area (Å²) in [7, 11) is 0. The standard InChI is InChI=1S/C21H25IN2O.2ClH/c22-18-8-9-20-19(16-18)21(17-6-2-1-3-7-17)24(14-15-25-20)13-12-23-10-4-5-11-23;;/h1-3,6-9,16,21H,4-5,10-15H2;2*1H. The molecule has 0 spiro atoms. The third-order valence-electron chi connectivity index (χ3n) is 5.29. The lowest BCUT2D eigenvalue weighted by Crippen LogP contribution is -2.37. The lowest BCUT2D eigenvalue weighted by Gasteiger charge is -2.32. The molecule has 4 rings (SSSR count).